The van der Waals surface area contributed by atoms with Gasteiger partial charge in [0.15, 0.2) is 0 Å². The Morgan fingerprint density at radius 3 is 2.39 bits per heavy atom. The second-order valence-electron chi connectivity index (χ2n) is 7.73. The van der Waals surface area contributed by atoms with Crippen molar-refractivity contribution in [2.75, 3.05) is 18.4 Å². The van der Waals surface area contributed by atoms with Gasteiger partial charge in [-0.2, -0.15) is 0 Å². The van der Waals surface area contributed by atoms with Gasteiger partial charge in [0.1, 0.15) is 5.82 Å². The highest BCUT2D eigenvalue weighted by Gasteiger charge is 2.29. The first kappa shape index (κ1) is 20.1. The number of para-hydroxylation sites is 1. The van der Waals surface area contributed by atoms with Crippen LogP contribution >= 0.6 is 0 Å². The van der Waals surface area contributed by atoms with Crippen LogP contribution in [0.5, 0.6) is 0 Å². The minimum absolute atomic E-state index is 0.00538. The van der Waals surface area contributed by atoms with E-state index in [1.165, 1.54) is 12.1 Å². The summed E-state index contributed by atoms with van der Waals surface area (Å²) in [5, 5.41) is 3.11. The van der Waals surface area contributed by atoms with Crippen molar-refractivity contribution in [3.8, 4) is 0 Å². The number of hydrogen-bond acceptors (Lipinski definition) is 2. The van der Waals surface area contributed by atoms with Gasteiger partial charge in [-0.3, -0.25) is 9.59 Å². The van der Waals surface area contributed by atoms with Gasteiger partial charge >= 0.3 is 0 Å². The molecular weight excluding hydrogens is 355 g/mol. The maximum absolute atomic E-state index is 13.9. The molecule has 0 saturated carbocycles. The van der Waals surface area contributed by atoms with E-state index in [1.54, 1.807) is 17.0 Å². The Labute approximate surface area is 165 Å². The first-order valence-corrected chi connectivity index (χ1v) is 9.82. The van der Waals surface area contributed by atoms with Gasteiger partial charge in [0.05, 0.1) is 5.56 Å². The highest BCUT2D eigenvalue weighted by Crippen LogP contribution is 2.29. The molecule has 2 amide bonds. The Kier molecular flexibility index (Phi) is 6.12. The van der Waals surface area contributed by atoms with Gasteiger partial charge < -0.3 is 10.2 Å². The third-order valence-corrected chi connectivity index (χ3v) is 5.43. The molecule has 0 aromatic heterocycles. The molecule has 0 spiro atoms. The van der Waals surface area contributed by atoms with E-state index in [0.29, 0.717) is 31.8 Å². The number of piperidine rings is 1. The minimum Gasteiger partial charge on any atom is -0.339 e. The molecule has 0 atom stereocenters. The largest absolute Gasteiger partial charge is 0.339 e. The zero-order valence-corrected chi connectivity index (χ0v) is 16.7. The molecule has 1 N–H and O–H groups in total. The molecule has 1 saturated heterocycles. The SMILES string of the molecule is Cc1cccc(C(C)C)c1NC(=O)C1CCN(C(=O)c2ccccc2F)CC1. The molecular formula is C23H27FN2O2. The van der Waals surface area contributed by atoms with Crippen LogP contribution in [0.15, 0.2) is 42.5 Å². The van der Waals surface area contributed by atoms with Crippen molar-refractivity contribution >= 4 is 17.5 Å². The summed E-state index contributed by atoms with van der Waals surface area (Å²) in [7, 11) is 0. The summed E-state index contributed by atoms with van der Waals surface area (Å²) in [6, 6.07) is 12.1. The molecule has 28 heavy (non-hydrogen) atoms. The number of anilines is 1. The lowest BCUT2D eigenvalue weighted by Crippen LogP contribution is -2.41. The monoisotopic (exact) mass is 382 g/mol. The number of halogens is 1. The van der Waals surface area contributed by atoms with Gasteiger partial charge in [0.25, 0.3) is 5.91 Å². The summed E-state index contributed by atoms with van der Waals surface area (Å²) in [5.74, 6) is -0.653. The molecule has 0 unspecified atom stereocenters. The van der Waals surface area contributed by atoms with Gasteiger partial charge in [0, 0.05) is 24.7 Å². The average Bonchev–Trinajstić information content (AvgIpc) is 2.69. The number of amides is 2. The van der Waals surface area contributed by atoms with Gasteiger partial charge in [0.2, 0.25) is 5.91 Å². The van der Waals surface area contributed by atoms with Crippen molar-refractivity contribution < 1.29 is 14.0 Å². The first-order chi connectivity index (χ1) is 13.4. The van der Waals surface area contributed by atoms with E-state index < -0.39 is 5.82 Å². The van der Waals surface area contributed by atoms with Gasteiger partial charge in [-0.05, 0) is 48.9 Å². The second-order valence-corrected chi connectivity index (χ2v) is 7.73. The third-order valence-electron chi connectivity index (χ3n) is 5.43. The average molecular weight is 382 g/mol. The lowest BCUT2D eigenvalue weighted by atomic mass is 9.93. The van der Waals surface area contributed by atoms with Crippen LogP contribution in [0.3, 0.4) is 0 Å². The normalized spacial score (nSPS) is 15.0. The number of carbonyl (C=O) groups is 2. The van der Waals surface area contributed by atoms with Crippen molar-refractivity contribution in [1.29, 1.82) is 0 Å². The van der Waals surface area contributed by atoms with Crippen molar-refractivity contribution in [3.05, 3.63) is 65.0 Å². The maximum atomic E-state index is 13.9. The molecule has 1 heterocycles. The Balaban J connectivity index is 1.64. The van der Waals surface area contributed by atoms with E-state index in [2.05, 4.69) is 19.2 Å². The van der Waals surface area contributed by atoms with Crippen LogP contribution in [0.1, 0.15) is 54.1 Å². The van der Waals surface area contributed by atoms with Crippen LogP contribution in [0.25, 0.3) is 0 Å². The number of aryl methyl sites for hydroxylation is 1. The van der Waals surface area contributed by atoms with Crippen LogP contribution < -0.4 is 5.32 Å². The molecule has 0 radical (unpaired) electrons. The third kappa shape index (κ3) is 4.24. The number of nitrogens with zero attached hydrogens (tertiary/aromatic N) is 1. The van der Waals surface area contributed by atoms with E-state index in [1.807, 2.05) is 25.1 Å². The van der Waals surface area contributed by atoms with Gasteiger partial charge in [-0.1, -0.05) is 44.2 Å². The minimum atomic E-state index is -0.506. The summed E-state index contributed by atoms with van der Waals surface area (Å²) in [4.78, 5) is 27.0. The smallest absolute Gasteiger partial charge is 0.256 e. The summed E-state index contributed by atoms with van der Waals surface area (Å²) in [6.45, 7) is 7.12. The topological polar surface area (TPSA) is 49.4 Å². The fourth-order valence-corrected chi connectivity index (χ4v) is 3.72. The summed E-state index contributed by atoms with van der Waals surface area (Å²) < 4.78 is 13.9. The molecule has 0 bridgehead atoms. The van der Waals surface area contributed by atoms with Crippen molar-refractivity contribution in [3.63, 3.8) is 0 Å². The number of likely N-dealkylation sites (tertiary alicyclic amines) is 1. The molecule has 148 valence electrons. The Bertz CT molecular complexity index is 871. The van der Waals surface area contributed by atoms with E-state index in [4.69, 9.17) is 0 Å². The maximum Gasteiger partial charge on any atom is 0.256 e. The number of carbonyl (C=O) groups excluding carboxylic acids is 2. The van der Waals surface area contributed by atoms with Gasteiger partial charge in [-0.15, -0.1) is 0 Å². The van der Waals surface area contributed by atoms with E-state index in [-0.39, 0.29) is 23.3 Å². The quantitative estimate of drug-likeness (QED) is 0.830. The lowest BCUT2D eigenvalue weighted by molar-refractivity contribution is -0.121. The number of rotatable bonds is 4. The van der Waals surface area contributed by atoms with E-state index >= 15 is 0 Å². The zero-order valence-electron chi connectivity index (χ0n) is 16.7. The van der Waals surface area contributed by atoms with Crippen LogP contribution in [0.2, 0.25) is 0 Å². The highest BCUT2D eigenvalue weighted by atomic mass is 19.1. The van der Waals surface area contributed by atoms with Gasteiger partial charge in [-0.25, -0.2) is 4.39 Å². The van der Waals surface area contributed by atoms with E-state index in [0.717, 1.165) is 16.8 Å². The predicted octanol–water partition coefficient (Wildman–Crippen LogP) is 4.75. The zero-order chi connectivity index (χ0) is 20.3. The molecule has 1 fully saturated rings. The summed E-state index contributed by atoms with van der Waals surface area (Å²) in [6.07, 6.45) is 1.16. The molecule has 3 rings (SSSR count). The highest BCUT2D eigenvalue weighted by molar-refractivity contribution is 5.96. The van der Waals surface area contributed by atoms with Crippen molar-refractivity contribution in [2.45, 2.75) is 39.5 Å². The lowest BCUT2D eigenvalue weighted by Gasteiger charge is -2.31. The van der Waals surface area contributed by atoms with Crippen LogP contribution in [-0.2, 0) is 4.79 Å². The fraction of sp³-hybridized carbons (Fsp3) is 0.391. The Morgan fingerprint density at radius 1 is 1.07 bits per heavy atom. The second kappa shape index (κ2) is 8.55. The van der Waals surface area contributed by atoms with Crippen LogP contribution in [0, 0.1) is 18.7 Å². The summed E-state index contributed by atoms with van der Waals surface area (Å²) >= 11 is 0. The standard InChI is InChI=1S/C23H27FN2O2/c1-15(2)18-9-6-7-16(3)21(18)25-22(27)17-11-13-26(14-12-17)23(28)19-8-4-5-10-20(19)24/h4-10,15,17H,11-14H2,1-3H3,(H,25,27). The fourth-order valence-electron chi connectivity index (χ4n) is 3.72. The summed E-state index contributed by atoms with van der Waals surface area (Å²) in [5.41, 5.74) is 3.16. The molecule has 4 nitrogen and oxygen atoms in total. The van der Waals surface area contributed by atoms with Crippen LogP contribution in [-0.4, -0.2) is 29.8 Å². The Hall–Kier alpha value is -2.69. The number of nitrogens with one attached hydrogen (secondary N) is 1. The van der Waals surface area contributed by atoms with Crippen molar-refractivity contribution in [2.24, 2.45) is 5.92 Å². The van der Waals surface area contributed by atoms with E-state index in [9.17, 15) is 14.0 Å². The molecule has 1 aliphatic heterocycles. The molecule has 0 aliphatic carbocycles. The Morgan fingerprint density at radius 2 is 1.75 bits per heavy atom. The van der Waals surface area contributed by atoms with Crippen molar-refractivity contribution in [1.82, 2.24) is 4.90 Å². The first-order valence-electron chi connectivity index (χ1n) is 9.82. The molecule has 1 aliphatic rings. The number of hydrogen-bond donors (Lipinski definition) is 1. The number of benzene rings is 2. The molecule has 2 aromatic rings. The molecule has 2 aromatic carbocycles. The van der Waals surface area contributed by atoms with Crippen LogP contribution in [0.4, 0.5) is 10.1 Å². The predicted molar refractivity (Wildman–Crippen MR) is 109 cm³/mol. The molecule has 5 heteroatoms.